The Bertz CT molecular complexity index is 1210. The molecule has 0 fully saturated rings. The van der Waals surface area contributed by atoms with Gasteiger partial charge >= 0.3 is 6.03 Å². The van der Waals surface area contributed by atoms with Crippen molar-refractivity contribution < 1.29 is 9.18 Å². The van der Waals surface area contributed by atoms with Crippen molar-refractivity contribution >= 4 is 56.0 Å². The monoisotopic (exact) mass is 438 g/mol. The maximum absolute atomic E-state index is 13.4. The van der Waals surface area contributed by atoms with Gasteiger partial charge in [0.25, 0.3) is 0 Å². The molecule has 30 heavy (non-hydrogen) atoms. The number of nitrogens with one attached hydrogen (secondary N) is 3. The largest absolute Gasteiger partial charge is 0.323 e. The average molecular weight is 439 g/mol. The molecule has 0 saturated heterocycles. The number of aromatic nitrogens is 1. The number of urea groups is 1. The van der Waals surface area contributed by atoms with E-state index in [-0.39, 0.29) is 5.82 Å². The van der Waals surface area contributed by atoms with Gasteiger partial charge in [-0.2, -0.15) is 0 Å². The maximum Gasteiger partial charge on any atom is 0.323 e. The molecule has 2 amide bonds. The number of anilines is 3. The van der Waals surface area contributed by atoms with E-state index >= 15 is 0 Å². The third-order valence-electron chi connectivity index (χ3n) is 4.34. The Morgan fingerprint density at radius 2 is 1.67 bits per heavy atom. The molecule has 1 heterocycles. The lowest BCUT2D eigenvalue weighted by Crippen LogP contribution is -2.19. The molecule has 4 rings (SSSR count). The molecule has 3 N–H and O–H groups in total. The van der Waals surface area contributed by atoms with Gasteiger partial charge in [0.15, 0.2) is 5.13 Å². The number of rotatable bonds is 5. The van der Waals surface area contributed by atoms with E-state index in [1.807, 2.05) is 18.2 Å². The fraction of sp³-hybridized carbons (Fsp3) is 0.0909. The zero-order valence-corrected chi connectivity index (χ0v) is 18.0. The molecule has 0 saturated carbocycles. The van der Waals surface area contributed by atoms with Crippen LogP contribution in [0.4, 0.5) is 25.7 Å². The van der Waals surface area contributed by atoms with Crippen LogP contribution in [0.5, 0.6) is 0 Å². The Labute approximate surface area is 181 Å². The van der Waals surface area contributed by atoms with E-state index in [2.05, 4.69) is 51.5 Å². The minimum absolute atomic E-state index is 0.306. The molecule has 4 aromatic rings. The number of fused-ring (bicyclic) bond motifs is 1. The first-order chi connectivity index (χ1) is 14.5. The lowest BCUT2D eigenvalue weighted by Gasteiger charge is -2.08. The second-order valence-electron chi connectivity index (χ2n) is 6.76. The van der Waals surface area contributed by atoms with Crippen molar-refractivity contribution in [2.24, 2.45) is 0 Å². The molecule has 8 heteroatoms. The van der Waals surface area contributed by atoms with Crippen LogP contribution >= 0.6 is 23.3 Å². The average Bonchev–Trinajstić information content (AvgIpc) is 3.12. The second-order valence-corrected chi connectivity index (χ2v) is 8.67. The summed E-state index contributed by atoms with van der Waals surface area (Å²) in [5.74, 6) is -0.306. The fourth-order valence-corrected chi connectivity index (χ4v) is 4.29. The molecule has 0 aliphatic carbocycles. The number of hydrogen-bond acceptors (Lipinski definition) is 5. The normalized spacial score (nSPS) is 10.8. The molecule has 0 atom stereocenters. The van der Waals surface area contributed by atoms with Crippen molar-refractivity contribution in [3.05, 3.63) is 77.6 Å². The van der Waals surface area contributed by atoms with Gasteiger partial charge in [-0.1, -0.05) is 29.0 Å². The molecule has 152 valence electrons. The Morgan fingerprint density at radius 1 is 0.967 bits per heavy atom. The van der Waals surface area contributed by atoms with E-state index in [4.69, 9.17) is 0 Å². The number of nitrogens with zero attached hydrogens (tertiary/aromatic N) is 1. The summed E-state index contributed by atoms with van der Waals surface area (Å²) in [6.07, 6.45) is 0. The van der Waals surface area contributed by atoms with Gasteiger partial charge < -0.3 is 15.4 Å². The molecule has 0 unspecified atom stereocenters. The van der Waals surface area contributed by atoms with Gasteiger partial charge in [0.05, 0.1) is 10.2 Å². The SMILES string of the molecule is Cc1ccc(SNc2nc3cc(NC(=O)Nc4ccc(F)c(C)c4)ccc3s2)cc1. The fourth-order valence-electron chi connectivity index (χ4n) is 2.77. The van der Waals surface area contributed by atoms with Gasteiger partial charge in [-0.05, 0) is 79.9 Å². The van der Waals surface area contributed by atoms with Crippen LogP contribution in [0.15, 0.2) is 65.6 Å². The number of hydrogen-bond donors (Lipinski definition) is 3. The van der Waals surface area contributed by atoms with E-state index < -0.39 is 6.03 Å². The summed E-state index contributed by atoms with van der Waals surface area (Å²) in [5.41, 5.74) is 3.64. The van der Waals surface area contributed by atoms with E-state index in [1.54, 1.807) is 24.3 Å². The van der Waals surface area contributed by atoms with Gasteiger partial charge in [0, 0.05) is 16.3 Å². The third kappa shape index (κ3) is 4.90. The van der Waals surface area contributed by atoms with E-state index in [0.717, 1.165) is 20.2 Å². The highest BCUT2D eigenvalue weighted by Gasteiger charge is 2.08. The number of thiazole rings is 1. The topological polar surface area (TPSA) is 66.0 Å². The van der Waals surface area contributed by atoms with Gasteiger partial charge in [-0.25, -0.2) is 14.2 Å². The minimum atomic E-state index is -0.399. The van der Waals surface area contributed by atoms with Crippen LogP contribution in [0, 0.1) is 19.7 Å². The van der Waals surface area contributed by atoms with Gasteiger partial charge in [-0.3, -0.25) is 0 Å². The Kier molecular flexibility index (Phi) is 5.87. The summed E-state index contributed by atoms with van der Waals surface area (Å²) in [7, 11) is 0. The van der Waals surface area contributed by atoms with Crippen molar-refractivity contribution in [2.75, 3.05) is 15.4 Å². The van der Waals surface area contributed by atoms with Crippen LogP contribution in [-0.2, 0) is 0 Å². The van der Waals surface area contributed by atoms with Crippen molar-refractivity contribution in [2.45, 2.75) is 18.7 Å². The van der Waals surface area contributed by atoms with Crippen LogP contribution in [0.25, 0.3) is 10.2 Å². The number of amides is 2. The lowest BCUT2D eigenvalue weighted by molar-refractivity contribution is 0.262. The van der Waals surface area contributed by atoms with Crippen molar-refractivity contribution in [1.82, 2.24) is 4.98 Å². The molecule has 0 aliphatic rings. The summed E-state index contributed by atoms with van der Waals surface area (Å²) >= 11 is 3.05. The summed E-state index contributed by atoms with van der Waals surface area (Å²) in [6, 6.07) is 17.9. The van der Waals surface area contributed by atoms with Crippen molar-refractivity contribution in [3.8, 4) is 0 Å². The molecular formula is C22H19FN4OS2. The Balaban J connectivity index is 1.40. The van der Waals surface area contributed by atoms with Crippen molar-refractivity contribution in [3.63, 3.8) is 0 Å². The van der Waals surface area contributed by atoms with Crippen LogP contribution in [-0.4, -0.2) is 11.0 Å². The quantitative estimate of drug-likeness (QED) is 0.299. The zero-order chi connectivity index (χ0) is 21.1. The van der Waals surface area contributed by atoms with Crippen LogP contribution in [0.1, 0.15) is 11.1 Å². The highest BCUT2D eigenvalue weighted by atomic mass is 32.2. The van der Waals surface area contributed by atoms with Crippen LogP contribution in [0.3, 0.4) is 0 Å². The Morgan fingerprint density at radius 3 is 2.40 bits per heavy atom. The third-order valence-corrected chi connectivity index (χ3v) is 6.22. The van der Waals surface area contributed by atoms with Gasteiger partial charge in [-0.15, -0.1) is 0 Å². The first kappa shape index (κ1) is 20.2. The predicted molar refractivity (Wildman–Crippen MR) is 124 cm³/mol. The van der Waals surface area contributed by atoms with E-state index in [9.17, 15) is 9.18 Å². The van der Waals surface area contributed by atoms with Gasteiger partial charge in [0.2, 0.25) is 0 Å². The maximum atomic E-state index is 13.4. The van der Waals surface area contributed by atoms with E-state index in [1.165, 1.54) is 29.6 Å². The van der Waals surface area contributed by atoms with Crippen molar-refractivity contribution in [1.29, 1.82) is 0 Å². The molecule has 5 nitrogen and oxygen atoms in total. The number of halogens is 1. The number of carbonyl (C=O) groups excluding carboxylic acids is 1. The highest BCUT2D eigenvalue weighted by molar-refractivity contribution is 8.00. The first-order valence-corrected chi connectivity index (χ1v) is 10.8. The highest BCUT2D eigenvalue weighted by Crippen LogP contribution is 2.31. The summed E-state index contributed by atoms with van der Waals surface area (Å²) in [4.78, 5) is 18.0. The number of carbonyl (C=O) groups is 1. The molecule has 0 radical (unpaired) electrons. The molecule has 1 aromatic heterocycles. The summed E-state index contributed by atoms with van der Waals surface area (Å²) in [5, 5.41) is 6.28. The van der Waals surface area contributed by atoms with Crippen LogP contribution in [0.2, 0.25) is 0 Å². The Hall–Kier alpha value is -3.10. The second kappa shape index (κ2) is 8.73. The van der Waals surface area contributed by atoms with Crippen LogP contribution < -0.4 is 15.4 Å². The predicted octanol–water partition coefficient (Wildman–Crippen LogP) is 6.82. The minimum Gasteiger partial charge on any atom is -0.308 e. The molecule has 0 spiro atoms. The molecule has 0 aliphatic heterocycles. The summed E-state index contributed by atoms with van der Waals surface area (Å²) < 4.78 is 17.6. The first-order valence-electron chi connectivity index (χ1n) is 9.20. The number of aryl methyl sites for hydroxylation is 2. The zero-order valence-electron chi connectivity index (χ0n) is 16.3. The molecular weight excluding hydrogens is 419 g/mol. The van der Waals surface area contributed by atoms with E-state index in [0.29, 0.717) is 16.9 Å². The van der Waals surface area contributed by atoms with Gasteiger partial charge in [0.1, 0.15) is 5.82 Å². The number of benzene rings is 3. The lowest BCUT2D eigenvalue weighted by atomic mass is 10.2. The smallest absolute Gasteiger partial charge is 0.308 e. The summed E-state index contributed by atoms with van der Waals surface area (Å²) in [6.45, 7) is 3.71. The molecule has 3 aromatic carbocycles. The standard InChI is InChI=1S/C22H19FN4OS2/c1-13-3-7-17(8-4-13)30-27-22-26-19-12-16(6-10-20(19)29-22)25-21(28)24-15-5-9-18(23)14(2)11-15/h3-12H,1-2H3,(H,26,27)(H2,24,25,28). The molecule has 0 bridgehead atoms.